The Kier molecular flexibility index (Phi) is 2.18. The Morgan fingerprint density at radius 2 is 2.44 bits per heavy atom. The van der Waals surface area contributed by atoms with Crippen LogP contribution < -0.4 is 5.32 Å². The number of hydrogen-bond donors (Lipinski definition) is 1. The van der Waals surface area contributed by atoms with Crippen molar-refractivity contribution in [1.29, 1.82) is 0 Å². The van der Waals surface area contributed by atoms with E-state index in [0.29, 0.717) is 11.1 Å². The lowest BCUT2D eigenvalue weighted by Crippen LogP contribution is -2.24. The highest BCUT2D eigenvalue weighted by Gasteiger charge is 2.61. The molecule has 1 amide bonds. The second kappa shape index (κ2) is 3.45. The molecule has 0 spiro atoms. The lowest BCUT2D eigenvalue weighted by molar-refractivity contribution is -0.121. The SMILES string of the molecule is O=C(Nc1ccc(Cl)nc1)[C@@]12CCC[C@@H]1C2. The molecule has 1 N–H and O–H groups in total. The molecule has 0 aliphatic heterocycles. The van der Waals surface area contributed by atoms with Crippen molar-refractivity contribution in [1.82, 2.24) is 4.98 Å². The van der Waals surface area contributed by atoms with Gasteiger partial charge >= 0.3 is 0 Å². The van der Waals surface area contributed by atoms with Crippen LogP contribution in [0.5, 0.6) is 0 Å². The fraction of sp³-hybridized carbons (Fsp3) is 0.500. The molecule has 16 heavy (non-hydrogen) atoms. The zero-order chi connectivity index (χ0) is 11.2. The maximum Gasteiger partial charge on any atom is 0.230 e. The Balaban J connectivity index is 1.71. The molecule has 2 aliphatic rings. The normalized spacial score (nSPS) is 30.9. The molecule has 0 unspecified atom stereocenters. The summed E-state index contributed by atoms with van der Waals surface area (Å²) in [6, 6.07) is 3.48. The molecule has 3 nitrogen and oxygen atoms in total. The first kappa shape index (κ1) is 10.1. The lowest BCUT2D eigenvalue weighted by atomic mass is 10.0. The van der Waals surface area contributed by atoms with Crippen molar-refractivity contribution in [3.05, 3.63) is 23.5 Å². The monoisotopic (exact) mass is 236 g/mol. The van der Waals surface area contributed by atoms with E-state index in [1.165, 1.54) is 12.8 Å². The predicted octanol–water partition coefficient (Wildman–Crippen LogP) is 2.86. The van der Waals surface area contributed by atoms with Gasteiger partial charge in [0.2, 0.25) is 5.91 Å². The quantitative estimate of drug-likeness (QED) is 0.803. The van der Waals surface area contributed by atoms with Gasteiger partial charge in [-0.15, -0.1) is 0 Å². The predicted molar refractivity (Wildman–Crippen MR) is 62.3 cm³/mol. The standard InChI is InChI=1S/C12H13ClN2O/c13-10-4-3-9(7-14-10)15-11(16)12-5-1-2-8(12)6-12/h3-4,7-8H,1-2,5-6H2,(H,15,16)/t8-,12-/m1/s1. The highest BCUT2D eigenvalue weighted by atomic mass is 35.5. The summed E-state index contributed by atoms with van der Waals surface area (Å²) in [7, 11) is 0. The molecule has 1 heterocycles. The van der Waals surface area contributed by atoms with Gasteiger partial charge in [0.1, 0.15) is 5.15 Å². The molecule has 0 saturated heterocycles. The van der Waals surface area contributed by atoms with Gasteiger partial charge in [-0.2, -0.15) is 0 Å². The van der Waals surface area contributed by atoms with E-state index in [4.69, 9.17) is 11.6 Å². The molecule has 2 aliphatic carbocycles. The molecule has 0 radical (unpaired) electrons. The van der Waals surface area contributed by atoms with E-state index < -0.39 is 0 Å². The van der Waals surface area contributed by atoms with Gasteiger partial charge in [0.25, 0.3) is 0 Å². The number of nitrogens with one attached hydrogen (secondary N) is 1. The summed E-state index contributed by atoms with van der Waals surface area (Å²) in [5, 5.41) is 3.38. The molecule has 84 valence electrons. The van der Waals surface area contributed by atoms with Crippen molar-refractivity contribution in [3.8, 4) is 0 Å². The number of amides is 1. The van der Waals surface area contributed by atoms with Gasteiger partial charge in [-0.3, -0.25) is 4.79 Å². The number of nitrogens with zero attached hydrogens (tertiary/aromatic N) is 1. The highest BCUT2D eigenvalue weighted by Crippen LogP contribution is 2.63. The third kappa shape index (κ3) is 1.50. The summed E-state index contributed by atoms with van der Waals surface area (Å²) in [5.74, 6) is 0.798. The highest BCUT2D eigenvalue weighted by molar-refractivity contribution is 6.29. The molecule has 4 heteroatoms. The number of rotatable bonds is 2. The third-order valence-electron chi connectivity index (χ3n) is 3.84. The molecule has 2 atom stereocenters. The van der Waals surface area contributed by atoms with Crippen molar-refractivity contribution in [2.75, 3.05) is 5.32 Å². The van der Waals surface area contributed by atoms with E-state index in [1.807, 2.05) is 0 Å². The van der Waals surface area contributed by atoms with Gasteiger partial charge in [-0.25, -0.2) is 4.98 Å². The zero-order valence-corrected chi connectivity index (χ0v) is 9.63. The van der Waals surface area contributed by atoms with Gasteiger partial charge in [0, 0.05) is 0 Å². The number of carbonyl (C=O) groups excluding carboxylic acids is 1. The van der Waals surface area contributed by atoms with Crippen molar-refractivity contribution in [2.24, 2.45) is 11.3 Å². The van der Waals surface area contributed by atoms with E-state index in [9.17, 15) is 4.79 Å². The largest absolute Gasteiger partial charge is 0.324 e. The Morgan fingerprint density at radius 1 is 1.56 bits per heavy atom. The van der Waals surface area contributed by atoms with Crippen LogP contribution in [0.1, 0.15) is 25.7 Å². The molecular weight excluding hydrogens is 224 g/mol. The topological polar surface area (TPSA) is 42.0 Å². The van der Waals surface area contributed by atoms with Crippen LogP contribution in [0.2, 0.25) is 5.15 Å². The fourth-order valence-electron chi connectivity index (χ4n) is 2.83. The molecule has 2 saturated carbocycles. The minimum absolute atomic E-state index is 0.0420. The number of hydrogen-bond acceptors (Lipinski definition) is 2. The minimum atomic E-state index is -0.0420. The molecule has 3 rings (SSSR count). The van der Waals surface area contributed by atoms with Gasteiger partial charge in [0.15, 0.2) is 0 Å². The summed E-state index contributed by atoms with van der Waals surface area (Å²) in [6.45, 7) is 0. The Labute approximate surface area is 99.2 Å². The number of aromatic nitrogens is 1. The molecular formula is C12H13ClN2O. The van der Waals surface area contributed by atoms with Gasteiger partial charge in [0.05, 0.1) is 17.3 Å². The molecule has 1 aromatic rings. The zero-order valence-electron chi connectivity index (χ0n) is 8.87. The van der Waals surface area contributed by atoms with Crippen LogP contribution in [0.4, 0.5) is 5.69 Å². The summed E-state index contributed by atoms with van der Waals surface area (Å²) in [6.07, 6.45) is 6.12. The van der Waals surface area contributed by atoms with Crippen molar-refractivity contribution in [3.63, 3.8) is 0 Å². The number of pyridine rings is 1. The Bertz CT molecular complexity index is 431. The van der Waals surface area contributed by atoms with E-state index in [-0.39, 0.29) is 11.3 Å². The molecule has 0 bridgehead atoms. The summed E-state index contributed by atoms with van der Waals surface area (Å²) in [4.78, 5) is 16.0. The van der Waals surface area contributed by atoms with Crippen LogP contribution in [0, 0.1) is 11.3 Å². The molecule has 2 fully saturated rings. The number of halogens is 1. The maximum atomic E-state index is 12.1. The van der Waals surface area contributed by atoms with Crippen molar-refractivity contribution < 1.29 is 4.79 Å². The summed E-state index contributed by atoms with van der Waals surface area (Å²) in [5.41, 5.74) is 0.695. The average molecular weight is 237 g/mol. The first-order valence-electron chi connectivity index (χ1n) is 5.64. The van der Waals surface area contributed by atoms with Crippen molar-refractivity contribution >= 4 is 23.2 Å². The number of carbonyl (C=O) groups is 1. The second-order valence-electron chi connectivity index (χ2n) is 4.77. The maximum absolute atomic E-state index is 12.1. The van der Waals surface area contributed by atoms with E-state index in [0.717, 1.165) is 18.5 Å². The first-order valence-corrected chi connectivity index (χ1v) is 6.01. The van der Waals surface area contributed by atoms with Crippen molar-refractivity contribution in [2.45, 2.75) is 25.7 Å². The van der Waals surface area contributed by atoms with Gasteiger partial charge in [-0.1, -0.05) is 18.0 Å². The van der Waals surface area contributed by atoms with E-state index >= 15 is 0 Å². The Morgan fingerprint density at radius 3 is 3.00 bits per heavy atom. The third-order valence-corrected chi connectivity index (χ3v) is 4.07. The van der Waals surface area contributed by atoms with Crippen LogP contribution >= 0.6 is 11.6 Å². The average Bonchev–Trinajstić information content (AvgIpc) is 2.85. The lowest BCUT2D eigenvalue weighted by Gasteiger charge is -2.12. The molecule has 1 aromatic heterocycles. The van der Waals surface area contributed by atoms with E-state index in [1.54, 1.807) is 18.3 Å². The number of fused-ring (bicyclic) bond motifs is 1. The first-order chi connectivity index (χ1) is 7.71. The van der Waals surface area contributed by atoms with Crippen LogP contribution in [-0.4, -0.2) is 10.9 Å². The Hall–Kier alpha value is -1.09. The second-order valence-corrected chi connectivity index (χ2v) is 5.16. The van der Waals surface area contributed by atoms with E-state index in [2.05, 4.69) is 10.3 Å². The van der Waals surface area contributed by atoms with Crippen LogP contribution in [0.15, 0.2) is 18.3 Å². The summed E-state index contributed by atoms with van der Waals surface area (Å²) >= 11 is 5.69. The summed E-state index contributed by atoms with van der Waals surface area (Å²) < 4.78 is 0. The van der Waals surface area contributed by atoms with Gasteiger partial charge < -0.3 is 5.32 Å². The fourth-order valence-corrected chi connectivity index (χ4v) is 2.94. The smallest absolute Gasteiger partial charge is 0.230 e. The number of anilines is 1. The van der Waals surface area contributed by atoms with Crippen LogP contribution in [-0.2, 0) is 4.79 Å². The van der Waals surface area contributed by atoms with Crippen LogP contribution in [0.3, 0.4) is 0 Å². The minimum Gasteiger partial charge on any atom is -0.324 e. The molecule has 0 aromatic carbocycles. The van der Waals surface area contributed by atoms with Gasteiger partial charge in [-0.05, 0) is 37.3 Å². The van der Waals surface area contributed by atoms with Crippen LogP contribution in [0.25, 0.3) is 0 Å².